The van der Waals surface area contributed by atoms with Crippen LogP contribution in [0, 0.1) is 0 Å². The van der Waals surface area contributed by atoms with Gasteiger partial charge in [0.1, 0.15) is 0 Å². The van der Waals surface area contributed by atoms with Crippen molar-refractivity contribution in [1.29, 1.82) is 0 Å². The smallest absolute Gasteiger partial charge is 0.166 e. The van der Waals surface area contributed by atoms with Gasteiger partial charge in [-0.15, -0.1) is 0 Å². The molecule has 3 rings (SSSR count). The van der Waals surface area contributed by atoms with Gasteiger partial charge in [0.25, 0.3) is 0 Å². The number of H-pyrrole nitrogens is 1. The average Bonchev–Trinajstić information content (AvgIpc) is 2.99. The largest absolute Gasteiger partial charge is 0.399 e. The molecule has 0 aliphatic carbocycles. The van der Waals surface area contributed by atoms with Crippen LogP contribution in [-0.4, -0.2) is 19.7 Å². The van der Waals surface area contributed by atoms with Crippen LogP contribution in [0.2, 0.25) is 0 Å². The summed E-state index contributed by atoms with van der Waals surface area (Å²) in [5.74, 6) is 0.846. The molecule has 0 bridgehead atoms. The van der Waals surface area contributed by atoms with Crippen molar-refractivity contribution in [2.45, 2.75) is 24.3 Å². The molecule has 0 spiro atoms. The monoisotopic (exact) mass is 287 g/mol. The van der Waals surface area contributed by atoms with Gasteiger partial charge in [0, 0.05) is 24.2 Å². The topological polar surface area (TPSA) is 72.5 Å². The Morgan fingerprint density at radius 3 is 2.95 bits per heavy atom. The molecule has 3 aromatic rings. The number of rotatable bonds is 4. The van der Waals surface area contributed by atoms with Crippen molar-refractivity contribution < 1.29 is 0 Å². The fourth-order valence-electron chi connectivity index (χ4n) is 2.09. The van der Waals surface area contributed by atoms with E-state index in [2.05, 4.69) is 28.1 Å². The van der Waals surface area contributed by atoms with E-state index in [1.807, 2.05) is 29.9 Å². The fourth-order valence-corrected chi connectivity index (χ4v) is 2.99. The van der Waals surface area contributed by atoms with Crippen molar-refractivity contribution >= 4 is 28.5 Å². The third kappa shape index (κ3) is 2.51. The second-order valence-corrected chi connectivity index (χ2v) is 5.68. The lowest BCUT2D eigenvalue weighted by atomic mass is 10.3. The zero-order valence-corrected chi connectivity index (χ0v) is 12.4. The van der Waals surface area contributed by atoms with Gasteiger partial charge < -0.3 is 10.7 Å². The first-order valence-corrected chi connectivity index (χ1v) is 7.54. The summed E-state index contributed by atoms with van der Waals surface area (Å²) in [5.41, 5.74) is 10.8. The van der Waals surface area contributed by atoms with Gasteiger partial charge in [-0.1, -0.05) is 18.7 Å². The number of benzene rings is 1. The number of hydrogen-bond acceptors (Lipinski definition) is 4. The first-order valence-electron chi connectivity index (χ1n) is 6.55. The Morgan fingerprint density at radius 2 is 2.20 bits per heavy atom. The summed E-state index contributed by atoms with van der Waals surface area (Å²) in [6, 6.07) is 7.86. The van der Waals surface area contributed by atoms with Crippen LogP contribution < -0.4 is 5.73 Å². The van der Waals surface area contributed by atoms with Crippen molar-refractivity contribution in [1.82, 2.24) is 19.7 Å². The third-order valence-electron chi connectivity index (χ3n) is 3.23. The van der Waals surface area contributed by atoms with Gasteiger partial charge in [-0.3, -0.25) is 4.68 Å². The summed E-state index contributed by atoms with van der Waals surface area (Å²) in [6.07, 6.45) is 0.961. The van der Waals surface area contributed by atoms with E-state index >= 15 is 0 Å². The van der Waals surface area contributed by atoms with Crippen LogP contribution in [-0.2, 0) is 19.2 Å². The molecule has 0 saturated carbocycles. The van der Waals surface area contributed by atoms with Gasteiger partial charge in [0.2, 0.25) is 0 Å². The van der Waals surface area contributed by atoms with Crippen molar-refractivity contribution in [3.05, 3.63) is 35.7 Å². The predicted molar refractivity (Wildman–Crippen MR) is 82.7 cm³/mol. The lowest BCUT2D eigenvalue weighted by Crippen LogP contribution is -1.96. The lowest BCUT2D eigenvalue weighted by Gasteiger charge is -1.98. The molecule has 0 atom stereocenters. The van der Waals surface area contributed by atoms with Crippen LogP contribution in [0.3, 0.4) is 0 Å². The van der Waals surface area contributed by atoms with E-state index in [9.17, 15) is 0 Å². The van der Waals surface area contributed by atoms with E-state index in [4.69, 9.17) is 5.73 Å². The van der Waals surface area contributed by atoms with Gasteiger partial charge in [-0.05, 0) is 30.7 Å². The molecule has 3 N–H and O–H groups in total. The fraction of sp³-hybridized carbons (Fsp3) is 0.286. The summed E-state index contributed by atoms with van der Waals surface area (Å²) < 4.78 is 1.94. The van der Waals surface area contributed by atoms with Gasteiger partial charge in [0.05, 0.1) is 16.7 Å². The van der Waals surface area contributed by atoms with Gasteiger partial charge in [-0.2, -0.15) is 5.10 Å². The van der Waals surface area contributed by atoms with Gasteiger partial charge in [-0.25, -0.2) is 4.98 Å². The molecule has 0 saturated heterocycles. The Kier molecular flexibility index (Phi) is 3.40. The van der Waals surface area contributed by atoms with Crippen LogP contribution in [0.5, 0.6) is 0 Å². The highest BCUT2D eigenvalue weighted by Gasteiger charge is 2.07. The SMILES string of the molecule is CCc1cc(CSc2nc3ccc(N)cc3[nH]2)n(C)n1. The summed E-state index contributed by atoms with van der Waals surface area (Å²) in [6.45, 7) is 2.11. The maximum absolute atomic E-state index is 5.77. The summed E-state index contributed by atoms with van der Waals surface area (Å²) in [4.78, 5) is 7.84. The number of nitrogens with two attached hydrogens (primary N) is 1. The molecule has 6 heteroatoms. The molecule has 2 aromatic heterocycles. The van der Waals surface area contributed by atoms with E-state index in [-0.39, 0.29) is 0 Å². The van der Waals surface area contributed by atoms with Gasteiger partial charge >= 0.3 is 0 Å². The Bertz CT molecular complexity index is 743. The summed E-state index contributed by atoms with van der Waals surface area (Å²) >= 11 is 1.67. The minimum atomic E-state index is 0.747. The minimum Gasteiger partial charge on any atom is -0.399 e. The normalized spacial score (nSPS) is 11.3. The molecule has 5 nitrogen and oxygen atoms in total. The molecular formula is C14H17N5S. The van der Waals surface area contributed by atoms with E-state index < -0.39 is 0 Å². The quantitative estimate of drug-likeness (QED) is 0.571. The number of hydrogen-bond donors (Lipinski definition) is 2. The predicted octanol–water partition coefficient (Wildman–Crippen LogP) is 2.73. The van der Waals surface area contributed by atoms with E-state index in [1.54, 1.807) is 11.8 Å². The maximum Gasteiger partial charge on any atom is 0.166 e. The molecule has 2 heterocycles. The first kappa shape index (κ1) is 13.1. The third-order valence-corrected chi connectivity index (χ3v) is 4.14. The summed E-state index contributed by atoms with van der Waals surface area (Å²) in [7, 11) is 1.98. The number of anilines is 1. The van der Waals surface area contributed by atoms with Crippen LogP contribution in [0.4, 0.5) is 5.69 Å². The number of fused-ring (bicyclic) bond motifs is 1. The van der Waals surface area contributed by atoms with Crippen LogP contribution in [0.25, 0.3) is 11.0 Å². The van der Waals surface area contributed by atoms with Crippen LogP contribution in [0.1, 0.15) is 18.3 Å². The number of nitrogens with one attached hydrogen (secondary N) is 1. The Labute approximate surface area is 121 Å². The highest BCUT2D eigenvalue weighted by Crippen LogP contribution is 2.24. The molecule has 0 unspecified atom stereocenters. The summed E-state index contributed by atoms with van der Waals surface area (Å²) in [5, 5.41) is 5.36. The number of nitrogens with zero attached hydrogens (tertiary/aromatic N) is 3. The van der Waals surface area contributed by atoms with Crippen molar-refractivity contribution in [2.75, 3.05) is 5.73 Å². The number of imidazole rings is 1. The molecule has 0 amide bonds. The number of thioether (sulfide) groups is 1. The second kappa shape index (κ2) is 5.20. The molecule has 0 radical (unpaired) electrons. The highest BCUT2D eigenvalue weighted by molar-refractivity contribution is 7.98. The molecule has 20 heavy (non-hydrogen) atoms. The van der Waals surface area contributed by atoms with E-state index in [0.717, 1.165) is 39.7 Å². The van der Waals surface area contributed by atoms with Crippen molar-refractivity contribution in [3.63, 3.8) is 0 Å². The van der Waals surface area contributed by atoms with Gasteiger partial charge in [0.15, 0.2) is 5.16 Å². The second-order valence-electron chi connectivity index (χ2n) is 4.71. The minimum absolute atomic E-state index is 0.747. The lowest BCUT2D eigenvalue weighted by molar-refractivity contribution is 0.719. The highest BCUT2D eigenvalue weighted by atomic mass is 32.2. The number of nitrogen functional groups attached to an aromatic ring is 1. The van der Waals surface area contributed by atoms with Crippen molar-refractivity contribution in [3.8, 4) is 0 Å². The van der Waals surface area contributed by atoms with E-state index in [0.29, 0.717) is 0 Å². The number of aryl methyl sites for hydroxylation is 2. The molecule has 0 aliphatic heterocycles. The van der Waals surface area contributed by atoms with Crippen LogP contribution >= 0.6 is 11.8 Å². The standard InChI is InChI=1S/C14H17N5S/c1-3-10-7-11(19(2)18-10)8-20-14-16-12-5-4-9(15)6-13(12)17-14/h4-7H,3,8,15H2,1-2H3,(H,16,17). The molecule has 0 fully saturated rings. The Morgan fingerprint density at radius 1 is 1.35 bits per heavy atom. The van der Waals surface area contributed by atoms with Crippen molar-refractivity contribution in [2.24, 2.45) is 7.05 Å². The number of aromatic nitrogens is 4. The van der Waals surface area contributed by atoms with E-state index in [1.165, 1.54) is 5.69 Å². The zero-order valence-electron chi connectivity index (χ0n) is 11.6. The first-order chi connectivity index (χ1) is 9.65. The molecule has 104 valence electrons. The Hall–Kier alpha value is -1.95. The average molecular weight is 287 g/mol. The molecular weight excluding hydrogens is 270 g/mol. The maximum atomic E-state index is 5.77. The molecule has 0 aliphatic rings. The Balaban J connectivity index is 1.77. The van der Waals surface area contributed by atoms with Crippen LogP contribution in [0.15, 0.2) is 29.4 Å². The molecule has 1 aromatic carbocycles. The number of aromatic amines is 1. The zero-order chi connectivity index (χ0) is 14.1.